The van der Waals surface area contributed by atoms with Gasteiger partial charge in [-0.2, -0.15) is 0 Å². The van der Waals surface area contributed by atoms with Gasteiger partial charge in [0.2, 0.25) is 0 Å². The average molecular weight is 384 g/mol. The van der Waals surface area contributed by atoms with E-state index in [2.05, 4.69) is 4.90 Å². The molecule has 2 atom stereocenters. The van der Waals surface area contributed by atoms with Crippen LogP contribution in [0.15, 0.2) is 48.5 Å². The molecular weight excluding hydrogens is 358 g/mol. The highest BCUT2D eigenvalue weighted by Gasteiger charge is 2.37. The van der Waals surface area contributed by atoms with Crippen LogP contribution >= 0.6 is 0 Å². The molecule has 148 valence electrons. The molecule has 2 aromatic carbocycles. The molecule has 2 aliphatic heterocycles. The molecular formula is C23H26F2N2O. The second kappa shape index (κ2) is 8.39. The highest BCUT2D eigenvalue weighted by Crippen LogP contribution is 2.35. The van der Waals surface area contributed by atoms with Crippen molar-refractivity contribution in [3.05, 3.63) is 71.3 Å². The van der Waals surface area contributed by atoms with Gasteiger partial charge >= 0.3 is 0 Å². The molecule has 2 unspecified atom stereocenters. The monoisotopic (exact) mass is 384 g/mol. The molecule has 4 rings (SSSR count). The summed E-state index contributed by atoms with van der Waals surface area (Å²) in [6.45, 7) is 4.24. The Morgan fingerprint density at radius 2 is 1.64 bits per heavy atom. The van der Waals surface area contributed by atoms with Gasteiger partial charge in [-0.15, -0.1) is 0 Å². The number of halogens is 2. The summed E-state index contributed by atoms with van der Waals surface area (Å²) in [5, 5.41) is 0. The quantitative estimate of drug-likeness (QED) is 0.784. The molecule has 0 bridgehead atoms. The van der Waals surface area contributed by atoms with Crippen LogP contribution in [-0.4, -0.2) is 48.4 Å². The number of rotatable bonds is 4. The number of carbonyl (C=O) groups excluding carboxylic acids is 1. The zero-order valence-electron chi connectivity index (χ0n) is 16.0. The van der Waals surface area contributed by atoms with Crippen molar-refractivity contribution in [3.8, 4) is 0 Å². The summed E-state index contributed by atoms with van der Waals surface area (Å²) in [4.78, 5) is 17.2. The predicted octanol–water partition coefficient (Wildman–Crippen LogP) is 4.31. The standard InChI is InChI=1S/C23H26F2N2O/c24-20-8-4-6-17(12-20)22-16-27(23(28)18-7-5-9-21(25)13-18)15-19(22)14-26-10-2-1-3-11-26/h4-9,12-13,19,22H,1-3,10-11,14-16H2. The van der Waals surface area contributed by atoms with Gasteiger partial charge in [0, 0.05) is 31.1 Å². The van der Waals surface area contributed by atoms with Gasteiger partial charge in [0.1, 0.15) is 11.6 Å². The Balaban J connectivity index is 1.56. The van der Waals surface area contributed by atoms with Crippen molar-refractivity contribution in [2.75, 3.05) is 32.7 Å². The third kappa shape index (κ3) is 4.25. The normalized spacial score (nSPS) is 23.1. The van der Waals surface area contributed by atoms with Gasteiger partial charge in [-0.25, -0.2) is 8.78 Å². The minimum absolute atomic E-state index is 0.0927. The lowest BCUT2D eigenvalue weighted by atomic mass is 9.88. The second-order valence-electron chi connectivity index (χ2n) is 8.00. The largest absolute Gasteiger partial charge is 0.338 e. The number of benzene rings is 2. The van der Waals surface area contributed by atoms with Crippen molar-refractivity contribution in [1.29, 1.82) is 0 Å². The number of likely N-dealkylation sites (tertiary alicyclic amines) is 2. The number of carbonyl (C=O) groups is 1. The van der Waals surface area contributed by atoms with Crippen molar-refractivity contribution in [1.82, 2.24) is 9.80 Å². The fraction of sp³-hybridized carbons (Fsp3) is 0.435. The first kappa shape index (κ1) is 19.1. The molecule has 0 spiro atoms. The topological polar surface area (TPSA) is 23.6 Å². The molecule has 3 nitrogen and oxygen atoms in total. The van der Waals surface area contributed by atoms with Crippen LogP contribution in [0.25, 0.3) is 0 Å². The van der Waals surface area contributed by atoms with E-state index in [9.17, 15) is 13.6 Å². The van der Waals surface area contributed by atoms with Crippen molar-refractivity contribution in [3.63, 3.8) is 0 Å². The van der Waals surface area contributed by atoms with Crippen LogP contribution in [0.1, 0.15) is 41.1 Å². The Morgan fingerprint density at radius 3 is 2.36 bits per heavy atom. The zero-order valence-corrected chi connectivity index (χ0v) is 16.0. The Bertz CT molecular complexity index is 835. The lowest BCUT2D eigenvalue weighted by Gasteiger charge is -2.31. The van der Waals surface area contributed by atoms with E-state index in [1.807, 2.05) is 6.07 Å². The van der Waals surface area contributed by atoms with Crippen molar-refractivity contribution < 1.29 is 13.6 Å². The first-order chi connectivity index (χ1) is 13.6. The third-order valence-electron chi connectivity index (χ3n) is 6.02. The van der Waals surface area contributed by atoms with Gasteiger partial charge in [0.25, 0.3) is 5.91 Å². The smallest absolute Gasteiger partial charge is 0.253 e. The van der Waals surface area contributed by atoms with Gasteiger partial charge < -0.3 is 9.80 Å². The van der Waals surface area contributed by atoms with E-state index in [1.165, 1.54) is 37.5 Å². The Hall–Kier alpha value is -2.27. The zero-order chi connectivity index (χ0) is 19.5. The average Bonchev–Trinajstić information content (AvgIpc) is 3.12. The molecule has 0 N–H and O–H groups in total. The molecule has 2 aromatic rings. The van der Waals surface area contributed by atoms with Crippen LogP contribution in [0.2, 0.25) is 0 Å². The van der Waals surface area contributed by atoms with Gasteiger partial charge in [-0.05, 0) is 67.7 Å². The van der Waals surface area contributed by atoms with Crippen LogP contribution in [0.4, 0.5) is 8.78 Å². The number of piperidine rings is 1. The highest BCUT2D eigenvalue weighted by molar-refractivity contribution is 5.94. The molecule has 5 heteroatoms. The van der Waals surface area contributed by atoms with Crippen LogP contribution < -0.4 is 0 Å². The molecule has 2 aliphatic rings. The number of hydrogen-bond donors (Lipinski definition) is 0. The summed E-state index contributed by atoms with van der Waals surface area (Å²) in [5.74, 6) is -0.463. The maximum absolute atomic E-state index is 13.8. The first-order valence-electron chi connectivity index (χ1n) is 10.1. The van der Waals surface area contributed by atoms with Crippen LogP contribution in [0.5, 0.6) is 0 Å². The van der Waals surface area contributed by atoms with Gasteiger partial charge in [-0.1, -0.05) is 24.6 Å². The van der Waals surface area contributed by atoms with Crippen molar-refractivity contribution in [2.24, 2.45) is 5.92 Å². The Morgan fingerprint density at radius 1 is 0.929 bits per heavy atom. The molecule has 2 saturated heterocycles. The number of nitrogens with zero attached hydrogens (tertiary/aromatic N) is 2. The molecule has 1 amide bonds. The van der Waals surface area contributed by atoms with Crippen LogP contribution in [0.3, 0.4) is 0 Å². The predicted molar refractivity (Wildman–Crippen MR) is 105 cm³/mol. The van der Waals surface area contributed by atoms with E-state index in [1.54, 1.807) is 29.2 Å². The fourth-order valence-corrected chi connectivity index (χ4v) is 4.61. The Kier molecular flexibility index (Phi) is 5.72. The van der Waals surface area contributed by atoms with Gasteiger partial charge in [0.05, 0.1) is 0 Å². The summed E-state index contributed by atoms with van der Waals surface area (Å²) in [6, 6.07) is 12.6. The minimum Gasteiger partial charge on any atom is -0.338 e. The summed E-state index contributed by atoms with van der Waals surface area (Å²) >= 11 is 0. The molecule has 0 radical (unpaired) electrons. The fourth-order valence-electron chi connectivity index (χ4n) is 4.61. The maximum Gasteiger partial charge on any atom is 0.253 e. The number of amides is 1. The molecule has 0 aliphatic carbocycles. The van der Waals surface area contributed by atoms with Crippen molar-refractivity contribution in [2.45, 2.75) is 25.2 Å². The molecule has 2 heterocycles. The van der Waals surface area contributed by atoms with E-state index in [4.69, 9.17) is 0 Å². The van der Waals surface area contributed by atoms with Gasteiger partial charge in [-0.3, -0.25) is 4.79 Å². The second-order valence-corrected chi connectivity index (χ2v) is 8.00. The van der Waals surface area contributed by atoms with Crippen molar-refractivity contribution >= 4 is 5.91 Å². The number of hydrogen-bond acceptors (Lipinski definition) is 2. The summed E-state index contributed by atoms with van der Waals surface area (Å²) in [5.41, 5.74) is 1.31. The lowest BCUT2D eigenvalue weighted by Crippen LogP contribution is -2.36. The van der Waals surface area contributed by atoms with Crippen LogP contribution in [-0.2, 0) is 0 Å². The summed E-state index contributed by atoms with van der Waals surface area (Å²) in [6.07, 6.45) is 3.70. The SMILES string of the molecule is O=C(c1cccc(F)c1)N1CC(CN2CCCCC2)C(c2cccc(F)c2)C1. The highest BCUT2D eigenvalue weighted by atomic mass is 19.1. The lowest BCUT2D eigenvalue weighted by molar-refractivity contribution is 0.0781. The third-order valence-corrected chi connectivity index (χ3v) is 6.02. The summed E-state index contributed by atoms with van der Waals surface area (Å²) < 4.78 is 27.4. The first-order valence-corrected chi connectivity index (χ1v) is 10.1. The molecule has 28 heavy (non-hydrogen) atoms. The van der Waals surface area contributed by atoms with E-state index >= 15 is 0 Å². The molecule has 0 saturated carbocycles. The maximum atomic E-state index is 13.8. The van der Waals surface area contributed by atoms with E-state index < -0.39 is 5.82 Å². The molecule has 0 aromatic heterocycles. The Labute approximate surface area is 165 Å². The minimum atomic E-state index is -0.406. The molecule has 2 fully saturated rings. The summed E-state index contributed by atoms with van der Waals surface area (Å²) in [7, 11) is 0. The van der Waals surface area contributed by atoms with Crippen LogP contribution in [0, 0.1) is 17.6 Å². The van der Waals surface area contributed by atoms with E-state index in [0.717, 1.165) is 25.2 Å². The van der Waals surface area contributed by atoms with E-state index in [-0.39, 0.29) is 23.6 Å². The van der Waals surface area contributed by atoms with Gasteiger partial charge in [0.15, 0.2) is 0 Å². The van der Waals surface area contributed by atoms with E-state index in [0.29, 0.717) is 18.7 Å².